The van der Waals surface area contributed by atoms with Crippen molar-refractivity contribution < 1.29 is 14.4 Å². The van der Waals surface area contributed by atoms with Crippen LogP contribution in [0.5, 0.6) is 0 Å². The molecule has 5 nitrogen and oxygen atoms in total. The average molecular weight is 358 g/mol. The van der Waals surface area contributed by atoms with Crippen LogP contribution in [0.4, 0.5) is 4.79 Å². The molecule has 0 bridgehead atoms. The van der Waals surface area contributed by atoms with Crippen molar-refractivity contribution in [3.05, 3.63) is 47.3 Å². The normalized spacial score (nSPS) is 18.2. The zero-order valence-corrected chi connectivity index (χ0v) is 14.3. The fraction of sp³-hybridized carbons (Fsp3) is 0.235. The van der Waals surface area contributed by atoms with Gasteiger partial charge in [-0.2, -0.15) is 0 Å². The largest absolute Gasteiger partial charge is 0.334 e. The maximum Gasteiger partial charge on any atom is 0.289 e. The highest BCUT2D eigenvalue weighted by Crippen LogP contribution is 2.28. The Morgan fingerprint density at radius 2 is 1.83 bits per heavy atom. The Bertz CT molecular complexity index is 780. The lowest BCUT2D eigenvalue weighted by molar-refractivity contribution is -0.128. The summed E-state index contributed by atoms with van der Waals surface area (Å²) >= 11 is 2.69. The maximum absolute atomic E-state index is 12.5. The molecule has 7 heteroatoms. The van der Waals surface area contributed by atoms with Crippen molar-refractivity contribution in [1.82, 2.24) is 9.80 Å². The summed E-state index contributed by atoms with van der Waals surface area (Å²) in [4.78, 5) is 40.0. The third-order valence-electron chi connectivity index (χ3n) is 4.24. The Morgan fingerprint density at radius 1 is 1.08 bits per heavy atom. The number of carbonyl (C=O) groups excluding carboxylic acids is 3. The van der Waals surface area contributed by atoms with Crippen LogP contribution in [-0.2, 0) is 4.79 Å². The van der Waals surface area contributed by atoms with Crippen LogP contribution in [0.1, 0.15) is 10.4 Å². The summed E-state index contributed by atoms with van der Waals surface area (Å²) < 4.78 is 0. The van der Waals surface area contributed by atoms with Gasteiger partial charge in [0.25, 0.3) is 11.1 Å². The third kappa shape index (κ3) is 2.63. The van der Waals surface area contributed by atoms with Crippen molar-refractivity contribution >= 4 is 40.2 Å². The van der Waals surface area contributed by atoms with Gasteiger partial charge in [0.05, 0.1) is 11.8 Å². The van der Waals surface area contributed by atoms with Gasteiger partial charge >= 0.3 is 0 Å². The van der Waals surface area contributed by atoms with E-state index < -0.39 is 0 Å². The second-order valence-corrected chi connectivity index (χ2v) is 7.61. The summed E-state index contributed by atoms with van der Waals surface area (Å²) in [7, 11) is 0. The molecule has 4 rings (SSSR count). The first-order chi connectivity index (χ1) is 11.6. The van der Waals surface area contributed by atoms with Crippen LogP contribution in [0.25, 0.3) is 10.4 Å². The van der Waals surface area contributed by atoms with Gasteiger partial charge in [-0.25, -0.2) is 0 Å². The van der Waals surface area contributed by atoms with E-state index in [4.69, 9.17) is 0 Å². The van der Waals surface area contributed by atoms with E-state index in [0.29, 0.717) is 18.7 Å². The number of imide groups is 1. The molecule has 0 radical (unpaired) electrons. The molecule has 2 saturated heterocycles. The average Bonchev–Trinajstić information content (AvgIpc) is 3.19. The molecule has 3 heterocycles. The summed E-state index contributed by atoms with van der Waals surface area (Å²) in [6.07, 6.45) is 0. The molecule has 0 atom stereocenters. The predicted molar refractivity (Wildman–Crippen MR) is 94.1 cm³/mol. The molecular weight excluding hydrogens is 344 g/mol. The first-order valence-corrected chi connectivity index (χ1v) is 9.42. The van der Waals surface area contributed by atoms with E-state index in [9.17, 15) is 14.4 Å². The van der Waals surface area contributed by atoms with Gasteiger partial charge in [0.1, 0.15) is 0 Å². The van der Waals surface area contributed by atoms with E-state index in [1.165, 1.54) is 9.78 Å². The van der Waals surface area contributed by atoms with E-state index >= 15 is 0 Å². The molecule has 0 saturated carbocycles. The zero-order chi connectivity index (χ0) is 16.7. The molecule has 0 unspecified atom stereocenters. The van der Waals surface area contributed by atoms with Gasteiger partial charge in [0, 0.05) is 23.5 Å². The summed E-state index contributed by atoms with van der Waals surface area (Å²) in [5.74, 6) is 0.00567. The van der Waals surface area contributed by atoms with Crippen LogP contribution in [0.3, 0.4) is 0 Å². The number of carbonyl (C=O) groups is 3. The van der Waals surface area contributed by atoms with Crippen LogP contribution in [0.2, 0.25) is 0 Å². The van der Waals surface area contributed by atoms with E-state index in [0.717, 1.165) is 17.3 Å². The third-order valence-corrected chi connectivity index (χ3v) is 5.99. The highest BCUT2D eigenvalue weighted by molar-refractivity contribution is 8.14. The Labute approximate surface area is 147 Å². The number of nitrogens with zero attached hydrogens (tertiary/aromatic N) is 2. The Morgan fingerprint density at radius 3 is 2.42 bits per heavy atom. The summed E-state index contributed by atoms with van der Waals surface area (Å²) in [6, 6.07) is 11.4. The molecular formula is C17H14N2O3S2. The first-order valence-electron chi connectivity index (χ1n) is 7.55. The number of hydrogen-bond acceptors (Lipinski definition) is 5. The van der Waals surface area contributed by atoms with Crippen LogP contribution in [0.15, 0.2) is 41.8 Å². The molecule has 122 valence electrons. The number of thiophene rings is 1. The van der Waals surface area contributed by atoms with Crippen molar-refractivity contribution in [1.29, 1.82) is 0 Å². The number of benzene rings is 1. The molecule has 1 aromatic carbocycles. The molecule has 3 amide bonds. The van der Waals surface area contributed by atoms with Crippen molar-refractivity contribution in [3.8, 4) is 10.4 Å². The lowest BCUT2D eigenvalue weighted by Gasteiger charge is -2.42. The van der Waals surface area contributed by atoms with Crippen LogP contribution < -0.4 is 0 Å². The minimum absolute atomic E-state index is 0.0595. The highest BCUT2D eigenvalue weighted by Gasteiger charge is 2.43. The predicted octanol–water partition coefficient (Wildman–Crippen LogP) is 2.93. The minimum Gasteiger partial charge on any atom is -0.334 e. The number of amides is 3. The smallest absolute Gasteiger partial charge is 0.289 e. The van der Waals surface area contributed by atoms with Gasteiger partial charge in [-0.15, -0.1) is 11.3 Å². The summed E-state index contributed by atoms with van der Waals surface area (Å²) in [5.41, 5.74) is 1.72. The number of rotatable bonds is 3. The first kappa shape index (κ1) is 15.4. The van der Waals surface area contributed by atoms with Crippen LogP contribution in [0, 0.1) is 0 Å². The molecule has 1 aromatic heterocycles. The van der Waals surface area contributed by atoms with Crippen molar-refractivity contribution in [2.24, 2.45) is 0 Å². The second-order valence-electron chi connectivity index (χ2n) is 5.74. The Kier molecular flexibility index (Phi) is 3.90. The van der Waals surface area contributed by atoms with Crippen LogP contribution >= 0.6 is 23.1 Å². The fourth-order valence-electron chi connectivity index (χ4n) is 2.90. The molecule has 2 aliphatic rings. The van der Waals surface area contributed by atoms with E-state index in [-0.39, 0.29) is 28.8 Å². The van der Waals surface area contributed by atoms with Gasteiger partial charge in [0.2, 0.25) is 5.91 Å². The number of thioether (sulfide) groups is 1. The fourth-order valence-corrected chi connectivity index (χ4v) is 4.41. The molecule has 0 spiro atoms. The van der Waals surface area contributed by atoms with Crippen molar-refractivity contribution in [3.63, 3.8) is 0 Å². The molecule has 0 N–H and O–H groups in total. The SMILES string of the molecule is O=C(c1ccc(-c2cccs2)cc1)N1CC(N2C(=O)CSC2=O)C1. The molecule has 0 aliphatic carbocycles. The minimum atomic E-state index is -0.197. The summed E-state index contributed by atoms with van der Waals surface area (Å²) in [5, 5.41) is 1.82. The van der Waals surface area contributed by atoms with Gasteiger partial charge in [-0.1, -0.05) is 30.0 Å². The molecule has 24 heavy (non-hydrogen) atoms. The van der Waals surface area contributed by atoms with Crippen molar-refractivity contribution in [2.75, 3.05) is 18.8 Å². The Hall–Kier alpha value is -2.12. The van der Waals surface area contributed by atoms with Gasteiger partial charge < -0.3 is 4.90 Å². The topological polar surface area (TPSA) is 57.7 Å². The lowest BCUT2D eigenvalue weighted by atomic mass is 10.0. The van der Waals surface area contributed by atoms with Crippen molar-refractivity contribution in [2.45, 2.75) is 6.04 Å². The summed E-state index contributed by atoms with van der Waals surface area (Å²) in [6.45, 7) is 0.840. The Balaban J connectivity index is 1.41. The van der Waals surface area contributed by atoms with Crippen LogP contribution in [-0.4, -0.2) is 51.7 Å². The second kappa shape index (κ2) is 6.07. The van der Waals surface area contributed by atoms with Gasteiger partial charge in [-0.3, -0.25) is 19.3 Å². The zero-order valence-electron chi connectivity index (χ0n) is 12.7. The maximum atomic E-state index is 12.5. The quantitative estimate of drug-likeness (QED) is 0.846. The van der Waals surface area contributed by atoms with Gasteiger partial charge in [-0.05, 0) is 29.1 Å². The molecule has 2 fully saturated rings. The highest BCUT2D eigenvalue weighted by atomic mass is 32.2. The van der Waals surface area contributed by atoms with E-state index in [2.05, 4.69) is 0 Å². The standard InChI is InChI=1S/C17H14N2O3S2/c20-15-10-24-17(22)19(15)13-8-18(9-13)16(21)12-5-3-11(4-6-12)14-2-1-7-23-14/h1-7,13H,8-10H2. The monoisotopic (exact) mass is 358 g/mol. The van der Waals surface area contributed by atoms with E-state index in [1.54, 1.807) is 16.2 Å². The molecule has 2 aliphatic heterocycles. The lowest BCUT2D eigenvalue weighted by Crippen LogP contribution is -2.62. The number of likely N-dealkylation sites (tertiary alicyclic amines) is 1. The van der Waals surface area contributed by atoms with E-state index in [1.807, 2.05) is 41.8 Å². The molecule has 2 aromatic rings. The van der Waals surface area contributed by atoms with Gasteiger partial charge in [0.15, 0.2) is 0 Å². The number of hydrogen-bond donors (Lipinski definition) is 0.